The third-order valence-corrected chi connectivity index (χ3v) is 2.92. The molecular formula is C14H22N2O2. The summed E-state index contributed by atoms with van der Waals surface area (Å²) >= 11 is 0. The molecule has 0 bridgehead atoms. The average molecular weight is 250 g/mol. The maximum Gasteiger partial charge on any atom is 0.224 e. The van der Waals surface area contributed by atoms with Crippen LogP contribution in [0.5, 0.6) is 5.75 Å². The molecule has 1 rings (SSSR count). The smallest absolute Gasteiger partial charge is 0.224 e. The lowest BCUT2D eigenvalue weighted by atomic mass is 10.1. The zero-order valence-electron chi connectivity index (χ0n) is 11.1. The summed E-state index contributed by atoms with van der Waals surface area (Å²) < 4.78 is 0. The van der Waals surface area contributed by atoms with Crippen LogP contribution < -0.4 is 11.1 Å². The predicted octanol–water partition coefficient (Wildman–Crippen LogP) is 2.47. The highest BCUT2D eigenvalue weighted by molar-refractivity contribution is 5.91. The Morgan fingerprint density at radius 3 is 2.61 bits per heavy atom. The number of carbonyl (C=O) groups is 1. The Labute approximate surface area is 108 Å². The van der Waals surface area contributed by atoms with Gasteiger partial charge in [0.15, 0.2) is 0 Å². The second-order valence-corrected chi connectivity index (χ2v) is 4.60. The largest absolute Gasteiger partial charge is 0.508 e. The lowest BCUT2D eigenvalue weighted by molar-refractivity contribution is -0.116. The predicted molar refractivity (Wildman–Crippen MR) is 73.7 cm³/mol. The zero-order valence-corrected chi connectivity index (χ0v) is 11.1. The number of phenolic OH excluding ortho intramolecular Hbond substituents is 1. The molecule has 1 aromatic rings. The molecule has 100 valence electrons. The molecule has 1 aromatic carbocycles. The molecule has 0 radical (unpaired) electrons. The van der Waals surface area contributed by atoms with Crippen molar-refractivity contribution in [2.24, 2.45) is 5.73 Å². The SMILES string of the molecule is Cc1cc(NC(=O)CCCCCN)c(C)cc1O. The highest BCUT2D eigenvalue weighted by Crippen LogP contribution is 2.25. The summed E-state index contributed by atoms with van der Waals surface area (Å²) in [5.74, 6) is 0.272. The van der Waals surface area contributed by atoms with Gasteiger partial charge in [-0.3, -0.25) is 4.79 Å². The molecule has 1 amide bonds. The number of hydrogen-bond donors (Lipinski definition) is 3. The van der Waals surface area contributed by atoms with Gasteiger partial charge in [-0.25, -0.2) is 0 Å². The van der Waals surface area contributed by atoms with E-state index in [2.05, 4.69) is 5.32 Å². The molecule has 4 heteroatoms. The molecule has 0 spiro atoms. The second-order valence-electron chi connectivity index (χ2n) is 4.60. The fraction of sp³-hybridized carbons (Fsp3) is 0.500. The third-order valence-electron chi connectivity index (χ3n) is 2.92. The molecule has 18 heavy (non-hydrogen) atoms. The molecule has 0 aliphatic carbocycles. The van der Waals surface area contributed by atoms with Crippen molar-refractivity contribution in [3.05, 3.63) is 23.3 Å². The van der Waals surface area contributed by atoms with Gasteiger partial charge in [0.25, 0.3) is 0 Å². The van der Waals surface area contributed by atoms with Gasteiger partial charge in [-0.05, 0) is 56.5 Å². The molecule has 0 saturated heterocycles. The number of nitrogens with one attached hydrogen (secondary N) is 1. The van der Waals surface area contributed by atoms with Crippen LogP contribution in [0.4, 0.5) is 5.69 Å². The van der Waals surface area contributed by atoms with Crippen molar-refractivity contribution in [3.63, 3.8) is 0 Å². The molecule has 0 aliphatic heterocycles. The van der Waals surface area contributed by atoms with Crippen molar-refractivity contribution in [1.82, 2.24) is 0 Å². The van der Waals surface area contributed by atoms with Gasteiger partial charge in [-0.15, -0.1) is 0 Å². The molecule has 0 atom stereocenters. The Bertz CT molecular complexity index is 417. The van der Waals surface area contributed by atoms with Gasteiger partial charge in [0.2, 0.25) is 5.91 Å². The maximum atomic E-state index is 11.7. The fourth-order valence-electron chi connectivity index (χ4n) is 1.75. The van der Waals surface area contributed by atoms with E-state index >= 15 is 0 Å². The maximum absolute atomic E-state index is 11.7. The normalized spacial score (nSPS) is 10.4. The van der Waals surface area contributed by atoms with Crippen LogP contribution >= 0.6 is 0 Å². The van der Waals surface area contributed by atoms with Crippen molar-refractivity contribution >= 4 is 11.6 Å². The summed E-state index contributed by atoms with van der Waals surface area (Å²) in [7, 11) is 0. The molecule has 0 aromatic heterocycles. The zero-order chi connectivity index (χ0) is 13.5. The van der Waals surface area contributed by atoms with Gasteiger partial charge >= 0.3 is 0 Å². The van der Waals surface area contributed by atoms with Crippen molar-refractivity contribution in [3.8, 4) is 5.75 Å². The number of benzene rings is 1. The topological polar surface area (TPSA) is 75.4 Å². The second kappa shape index (κ2) is 7.01. The molecule has 4 nitrogen and oxygen atoms in total. The van der Waals surface area contributed by atoms with Gasteiger partial charge < -0.3 is 16.2 Å². The van der Waals surface area contributed by atoms with Crippen LogP contribution in [0.25, 0.3) is 0 Å². The first-order chi connectivity index (χ1) is 8.54. The molecule has 0 unspecified atom stereocenters. The van der Waals surface area contributed by atoms with Gasteiger partial charge in [-0.2, -0.15) is 0 Å². The Balaban J connectivity index is 2.51. The highest BCUT2D eigenvalue weighted by atomic mass is 16.3. The number of nitrogens with two attached hydrogens (primary N) is 1. The number of anilines is 1. The van der Waals surface area contributed by atoms with E-state index in [1.54, 1.807) is 12.1 Å². The van der Waals surface area contributed by atoms with Crippen LogP contribution in [-0.2, 0) is 4.79 Å². The summed E-state index contributed by atoms with van der Waals surface area (Å²) in [5.41, 5.74) is 7.80. The molecular weight excluding hydrogens is 228 g/mol. The Hall–Kier alpha value is -1.55. The summed E-state index contributed by atoms with van der Waals surface area (Å²) in [4.78, 5) is 11.7. The van der Waals surface area contributed by atoms with Crippen LogP contribution in [0.15, 0.2) is 12.1 Å². The standard InChI is InChI=1S/C14H22N2O2/c1-10-9-13(17)11(2)8-12(10)16-14(18)6-4-3-5-7-15/h8-9,17H,3-7,15H2,1-2H3,(H,16,18). The van der Waals surface area contributed by atoms with E-state index in [1.165, 1.54) is 0 Å². The number of aryl methyl sites for hydroxylation is 2. The Morgan fingerprint density at radius 2 is 1.94 bits per heavy atom. The number of amides is 1. The first-order valence-electron chi connectivity index (χ1n) is 6.34. The van der Waals surface area contributed by atoms with Crippen LogP contribution in [0.3, 0.4) is 0 Å². The number of rotatable bonds is 6. The van der Waals surface area contributed by atoms with Crippen molar-refractivity contribution in [2.75, 3.05) is 11.9 Å². The lowest BCUT2D eigenvalue weighted by Crippen LogP contribution is -2.12. The van der Waals surface area contributed by atoms with Crippen LogP contribution in [0.1, 0.15) is 36.8 Å². The van der Waals surface area contributed by atoms with E-state index in [-0.39, 0.29) is 11.7 Å². The first-order valence-corrected chi connectivity index (χ1v) is 6.34. The molecule has 0 fully saturated rings. The average Bonchev–Trinajstić information content (AvgIpc) is 2.32. The fourth-order valence-corrected chi connectivity index (χ4v) is 1.75. The summed E-state index contributed by atoms with van der Waals surface area (Å²) in [5, 5.41) is 12.4. The molecule has 4 N–H and O–H groups in total. The quantitative estimate of drug-likeness (QED) is 0.536. The third kappa shape index (κ3) is 4.37. The number of phenols is 1. The minimum absolute atomic E-state index is 0.0141. The van der Waals surface area contributed by atoms with E-state index in [1.807, 2.05) is 13.8 Å². The van der Waals surface area contributed by atoms with Crippen molar-refractivity contribution < 1.29 is 9.90 Å². The van der Waals surface area contributed by atoms with Gasteiger partial charge in [0.05, 0.1) is 0 Å². The van der Waals surface area contributed by atoms with E-state index < -0.39 is 0 Å². The molecule has 0 saturated carbocycles. The first kappa shape index (κ1) is 14.5. The van der Waals surface area contributed by atoms with E-state index in [0.717, 1.165) is 36.1 Å². The summed E-state index contributed by atoms with van der Waals surface area (Å²) in [6, 6.07) is 3.46. The molecule has 0 aliphatic rings. The Kier molecular flexibility index (Phi) is 5.65. The number of carbonyl (C=O) groups excluding carboxylic acids is 1. The number of hydrogen-bond acceptors (Lipinski definition) is 3. The Morgan fingerprint density at radius 1 is 1.22 bits per heavy atom. The van der Waals surface area contributed by atoms with Gasteiger partial charge in [0.1, 0.15) is 5.75 Å². The summed E-state index contributed by atoms with van der Waals surface area (Å²) in [6.07, 6.45) is 3.32. The van der Waals surface area contributed by atoms with E-state index in [9.17, 15) is 9.90 Å². The van der Waals surface area contributed by atoms with Crippen molar-refractivity contribution in [2.45, 2.75) is 39.5 Å². The highest BCUT2D eigenvalue weighted by Gasteiger charge is 2.07. The van der Waals surface area contributed by atoms with Crippen molar-refractivity contribution in [1.29, 1.82) is 0 Å². The lowest BCUT2D eigenvalue weighted by Gasteiger charge is -2.10. The molecule has 0 heterocycles. The van der Waals surface area contributed by atoms with Gasteiger partial charge in [-0.1, -0.05) is 6.42 Å². The van der Waals surface area contributed by atoms with Gasteiger partial charge in [0, 0.05) is 12.1 Å². The van der Waals surface area contributed by atoms with Crippen LogP contribution in [0, 0.1) is 13.8 Å². The monoisotopic (exact) mass is 250 g/mol. The minimum Gasteiger partial charge on any atom is -0.508 e. The summed E-state index contributed by atoms with van der Waals surface area (Å²) in [6.45, 7) is 4.35. The van der Waals surface area contributed by atoms with E-state index in [0.29, 0.717) is 13.0 Å². The minimum atomic E-state index is 0.0141. The van der Waals surface area contributed by atoms with Crippen LogP contribution in [-0.4, -0.2) is 17.6 Å². The number of unbranched alkanes of at least 4 members (excludes halogenated alkanes) is 2. The number of aromatic hydroxyl groups is 1. The van der Waals surface area contributed by atoms with E-state index in [4.69, 9.17) is 5.73 Å². The van der Waals surface area contributed by atoms with Crippen LogP contribution in [0.2, 0.25) is 0 Å².